The molecule has 132 valence electrons. The van der Waals surface area contributed by atoms with Crippen LogP contribution in [0.2, 0.25) is 0 Å². The minimum atomic E-state index is -4.05. The number of carboxylic acids is 1. The second-order valence-electron chi connectivity index (χ2n) is 6.59. The van der Waals surface area contributed by atoms with Crippen LogP contribution in [0, 0.1) is 5.41 Å². The maximum Gasteiger partial charge on any atom is 0.314 e. The molecule has 0 spiro atoms. The van der Waals surface area contributed by atoms with Crippen molar-refractivity contribution in [3.8, 4) is 0 Å². The molecule has 1 aliphatic carbocycles. The van der Waals surface area contributed by atoms with Crippen molar-refractivity contribution < 1.29 is 18.3 Å². The third kappa shape index (κ3) is 2.05. The minimum absolute atomic E-state index is 0.0723. The van der Waals surface area contributed by atoms with E-state index in [0.717, 1.165) is 5.56 Å². The highest BCUT2D eigenvalue weighted by Crippen LogP contribution is 2.69. The first-order chi connectivity index (χ1) is 12.5. The van der Waals surface area contributed by atoms with E-state index in [0.29, 0.717) is 0 Å². The van der Waals surface area contributed by atoms with Crippen LogP contribution in [0.1, 0.15) is 17.9 Å². The summed E-state index contributed by atoms with van der Waals surface area (Å²) in [5, 5.41) is 10.1. The van der Waals surface area contributed by atoms with Crippen LogP contribution in [-0.2, 0) is 14.6 Å². The quantitative estimate of drug-likeness (QED) is 0.880. The Morgan fingerprint density at radius 2 is 1.65 bits per heavy atom. The van der Waals surface area contributed by atoms with Crippen molar-refractivity contribution in [1.82, 2.24) is 0 Å². The van der Waals surface area contributed by atoms with Crippen LogP contribution in [0.25, 0.3) is 0 Å². The normalized spacial score (nSPS) is 29.6. The van der Waals surface area contributed by atoms with Crippen LogP contribution in [0.5, 0.6) is 0 Å². The molecule has 1 aliphatic heterocycles. The van der Waals surface area contributed by atoms with Crippen LogP contribution in [0.15, 0.2) is 82.7 Å². The summed E-state index contributed by atoms with van der Waals surface area (Å²) in [4.78, 5) is 14.8. The molecular formula is C20H17NO4S. The number of carbonyl (C=O) groups is 1. The molecule has 0 saturated heterocycles. The second kappa shape index (κ2) is 5.64. The molecule has 0 radical (unpaired) electrons. The Kier molecular flexibility index (Phi) is 3.63. The van der Waals surface area contributed by atoms with Gasteiger partial charge in [-0.05, 0) is 36.3 Å². The molecule has 6 heteroatoms. The zero-order chi connectivity index (χ0) is 18.4. The predicted molar refractivity (Wildman–Crippen MR) is 97.9 cm³/mol. The minimum Gasteiger partial charge on any atom is -0.481 e. The molecule has 4 rings (SSSR count). The third-order valence-electron chi connectivity index (χ3n) is 5.32. The molecule has 2 aliphatic rings. The zero-order valence-electron chi connectivity index (χ0n) is 13.8. The van der Waals surface area contributed by atoms with Crippen molar-refractivity contribution in [1.29, 1.82) is 0 Å². The summed E-state index contributed by atoms with van der Waals surface area (Å²) in [6.07, 6.45) is 4.55. The van der Waals surface area contributed by atoms with Crippen molar-refractivity contribution >= 4 is 22.0 Å². The average Bonchev–Trinajstić information content (AvgIpc) is 3.24. The second-order valence-corrected chi connectivity index (χ2v) is 8.69. The molecule has 0 aromatic heterocycles. The molecule has 0 amide bonds. The molecule has 1 N–H and O–H groups in total. The van der Waals surface area contributed by atoms with E-state index >= 15 is 0 Å². The Labute approximate surface area is 151 Å². The fourth-order valence-corrected chi connectivity index (χ4v) is 6.07. The van der Waals surface area contributed by atoms with E-state index in [4.69, 9.17) is 0 Å². The molecule has 1 saturated carbocycles. The number of allylic oxidation sites excluding steroid dienone is 1. The summed E-state index contributed by atoms with van der Waals surface area (Å²) in [5.74, 6) is -1.56. The van der Waals surface area contributed by atoms with E-state index in [9.17, 15) is 18.3 Å². The van der Waals surface area contributed by atoms with Gasteiger partial charge in [0.2, 0.25) is 14.7 Å². The van der Waals surface area contributed by atoms with Gasteiger partial charge in [0.1, 0.15) is 5.41 Å². The van der Waals surface area contributed by atoms with E-state index in [1.165, 1.54) is 30.5 Å². The number of benzene rings is 2. The van der Waals surface area contributed by atoms with Crippen LogP contribution in [0.3, 0.4) is 0 Å². The molecular weight excluding hydrogens is 350 g/mol. The van der Waals surface area contributed by atoms with Crippen molar-refractivity contribution in [2.24, 2.45) is 10.4 Å². The fraction of sp³-hybridized carbons (Fsp3) is 0.200. The summed E-state index contributed by atoms with van der Waals surface area (Å²) in [6, 6.07) is 17.1. The van der Waals surface area contributed by atoms with Gasteiger partial charge in [-0.1, -0.05) is 48.5 Å². The van der Waals surface area contributed by atoms with Crippen LogP contribution < -0.4 is 0 Å². The maximum absolute atomic E-state index is 13.5. The number of rotatable bonds is 5. The first-order valence-corrected chi connectivity index (χ1v) is 9.75. The zero-order valence-corrected chi connectivity index (χ0v) is 14.6. The molecule has 2 aromatic rings. The maximum atomic E-state index is 13.5. The third-order valence-corrected chi connectivity index (χ3v) is 7.64. The Balaban J connectivity index is 1.91. The van der Waals surface area contributed by atoms with Crippen molar-refractivity contribution in [3.63, 3.8) is 0 Å². The molecule has 26 heavy (non-hydrogen) atoms. The van der Waals surface area contributed by atoms with Gasteiger partial charge < -0.3 is 5.11 Å². The van der Waals surface area contributed by atoms with Crippen LogP contribution in [-0.4, -0.2) is 30.6 Å². The van der Waals surface area contributed by atoms with E-state index in [1.807, 2.05) is 30.3 Å². The number of hydrogen-bond donors (Lipinski definition) is 1. The first kappa shape index (κ1) is 16.7. The summed E-state index contributed by atoms with van der Waals surface area (Å²) < 4.78 is 27.0. The summed E-state index contributed by atoms with van der Waals surface area (Å²) >= 11 is 0. The Morgan fingerprint density at radius 3 is 2.19 bits per heavy atom. The smallest absolute Gasteiger partial charge is 0.314 e. The number of sulfone groups is 1. The summed E-state index contributed by atoms with van der Waals surface area (Å²) in [7, 11) is -4.05. The SMILES string of the molecule is O=C(O)C1(C2(S(=O)(=O)c3ccccc3)C=CC=N2)CC1c1ccccc1. The molecule has 2 aromatic carbocycles. The highest BCUT2D eigenvalue weighted by molar-refractivity contribution is 7.93. The summed E-state index contributed by atoms with van der Waals surface area (Å²) in [5.41, 5.74) is -0.708. The molecule has 5 nitrogen and oxygen atoms in total. The van der Waals surface area contributed by atoms with E-state index in [-0.39, 0.29) is 11.3 Å². The number of carboxylic acid groups (broad SMARTS) is 1. The van der Waals surface area contributed by atoms with Gasteiger partial charge in [-0.3, -0.25) is 9.79 Å². The Morgan fingerprint density at radius 1 is 1.04 bits per heavy atom. The highest BCUT2D eigenvalue weighted by atomic mass is 32.2. The van der Waals surface area contributed by atoms with Gasteiger partial charge in [0, 0.05) is 12.1 Å². The fourth-order valence-electron chi connectivity index (χ4n) is 3.95. The Hall–Kier alpha value is -2.73. The van der Waals surface area contributed by atoms with E-state index in [2.05, 4.69) is 4.99 Å². The number of aliphatic imine (C=N–C) groups is 1. The molecule has 1 fully saturated rings. The highest BCUT2D eigenvalue weighted by Gasteiger charge is 2.76. The van der Waals surface area contributed by atoms with Gasteiger partial charge in [-0.25, -0.2) is 8.42 Å². The number of nitrogens with zero attached hydrogens (tertiary/aromatic N) is 1. The van der Waals surface area contributed by atoms with Crippen molar-refractivity contribution in [3.05, 3.63) is 78.4 Å². The van der Waals surface area contributed by atoms with E-state index < -0.39 is 32.0 Å². The van der Waals surface area contributed by atoms with Gasteiger partial charge in [0.05, 0.1) is 4.90 Å². The lowest BCUT2D eigenvalue weighted by Crippen LogP contribution is -2.48. The monoisotopic (exact) mass is 367 g/mol. The molecule has 3 unspecified atom stereocenters. The predicted octanol–water partition coefficient (Wildman–Crippen LogP) is 3.06. The lowest BCUT2D eigenvalue weighted by atomic mass is 9.90. The van der Waals surface area contributed by atoms with Gasteiger partial charge >= 0.3 is 5.97 Å². The average molecular weight is 367 g/mol. The number of aliphatic carboxylic acids is 1. The topological polar surface area (TPSA) is 83.8 Å². The van der Waals surface area contributed by atoms with Gasteiger partial charge in [-0.15, -0.1) is 0 Å². The van der Waals surface area contributed by atoms with E-state index in [1.54, 1.807) is 18.2 Å². The van der Waals surface area contributed by atoms with Gasteiger partial charge in [0.25, 0.3) is 0 Å². The summed E-state index contributed by atoms with van der Waals surface area (Å²) in [6.45, 7) is 0. The number of hydrogen-bond acceptors (Lipinski definition) is 4. The van der Waals surface area contributed by atoms with Crippen LogP contribution >= 0.6 is 0 Å². The lowest BCUT2D eigenvalue weighted by Gasteiger charge is -2.32. The van der Waals surface area contributed by atoms with Crippen LogP contribution in [0.4, 0.5) is 0 Å². The largest absolute Gasteiger partial charge is 0.481 e. The van der Waals surface area contributed by atoms with Crippen molar-refractivity contribution in [2.75, 3.05) is 0 Å². The first-order valence-electron chi connectivity index (χ1n) is 8.27. The van der Waals surface area contributed by atoms with Gasteiger partial charge in [0.15, 0.2) is 0 Å². The van der Waals surface area contributed by atoms with Gasteiger partial charge in [-0.2, -0.15) is 0 Å². The lowest BCUT2D eigenvalue weighted by molar-refractivity contribution is -0.144. The standard InChI is InChI=1S/C20H17NO4S/c22-18(23)19(14-17(19)15-8-3-1-4-9-15)20(12-7-13-21-20)26(24,25)16-10-5-2-6-11-16/h1-13,17H,14H2,(H,22,23). The molecule has 3 atom stereocenters. The molecule has 1 heterocycles. The Bertz CT molecular complexity index is 1000. The van der Waals surface area contributed by atoms with Crippen molar-refractivity contribution in [2.45, 2.75) is 22.1 Å². The molecule has 0 bridgehead atoms.